The highest BCUT2D eigenvalue weighted by molar-refractivity contribution is 7.99. The number of nitrogens with one attached hydrogen (secondary N) is 3. The largest absolute Gasteiger partial charge is 0.431 e. The van der Waals surface area contributed by atoms with Crippen LogP contribution in [-0.4, -0.2) is 34.1 Å². The number of methoxy groups -OCH3 is 1. The van der Waals surface area contributed by atoms with Gasteiger partial charge in [-0.15, -0.1) is 0 Å². The van der Waals surface area contributed by atoms with Crippen LogP contribution in [0.4, 0.5) is 10.5 Å². The van der Waals surface area contributed by atoms with Crippen LogP contribution in [-0.2, 0) is 17.9 Å². The SMILES string of the molecule is CCSc1nc2ccc(NC(=O)NCc3cc(COC)n[nH]3)cc2o1. The minimum atomic E-state index is -0.315. The first-order valence-corrected chi connectivity index (χ1v) is 8.77. The number of aromatic nitrogens is 3. The summed E-state index contributed by atoms with van der Waals surface area (Å²) in [7, 11) is 1.61. The molecule has 1 aromatic carbocycles. The molecule has 0 bridgehead atoms. The van der Waals surface area contributed by atoms with Crippen molar-refractivity contribution in [2.75, 3.05) is 18.2 Å². The van der Waals surface area contributed by atoms with Crippen molar-refractivity contribution in [2.24, 2.45) is 0 Å². The normalized spacial score (nSPS) is 11.0. The average Bonchev–Trinajstić information content (AvgIpc) is 3.19. The van der Waals surface area contributed by atoms with Gasteiger partial charge in [-0.05, 0) is 24.0 Å². The summed E-state index contributed by atoms with van der Waals surface area (Å²) in [5.74, 6) is 0.889. The summed E-state index contributed by atoms with van der Waals surface area (Å²) in [5.41, 5.74) is 3.64. The lowest BCUT2D eigenvalue weighted by atomic mass is 10.3. The van der Waals surface area contributed by atoms with Crippen LogP contribution < -0.4 is 10.6 Å². The number of hydrogen-bond acceptors (Lipinski definition) is 6. The van der Waals surface area contributed by atoms with Crippen molar-refractivity contribution >= 4 is 34.6 Å². The van der Waals surface area contributed by atoms with Gasteiger partial charge in [-0.25, -0.2) is 9.78 Å². The van der Waals surface area contributed by atoms with E-state index < -0.39 is 0 Å². The predicted molar refractivity (Wildman–Crippen MR) is 95.6 cm³/mol. The first kappa shape index (κ1) is 17.3. The molecule has 3 rings (SSSR count). The minimum Gasteiger partial charge on any atom is -0.431 e. The number of H-pyrrole nitrogens is 1. The Bertz CT molecular complexity index is 860. The Kier molecular flexibility index (Phi) is 5.56. The van der Waals surface area contributed by atoms with Gasteiger partial charge in [-0.3, -0.25) is 5.10 Å². The number of fused-ring (bicyclic) bond motifs is 1. The van der Waals surface area contributed by atoms with Crippen molar-refractivity contribution in [3.05, 3.63) is 35.7 Å². The number of ether oxygens (including phenoxy) is 1. The third-order valence-corrected chi connectivity index (χ3v) is 4.02. The van der Waals surface area contributed by atoms with Crippen molar-refractivity contribution in [1.82, 2.24) is 20.5 Å². The van der Waals surface area contributed by atoms with E-state index in [0.717, 1.165) is 22.7 Å². The summed E-state index contributed by atoms with van der Waals surface area (Å²) in [6.45, 7) is 2.80. The minimum absolute atomic E-state index is 0.315. The third-order valence-electron chi connectivity index (χ3n) is 3.31. The number of anilines is 1. The Hall–Kier alpha value is -2.52. The number of thioether (sulfide) groups is 1. The molecule has 3 aromatic rings. The zero-order valence-electron chi connectivity index (χ0n) is 14.0. The molecule has 0 aliphatic carbocycles. The number of carbonyl (C=O) groups excluding carboxylic acids is 1. The number of carbonyl (C=O) groups is 1. The van der Waals surface area contributed by atoms with Crippen LogP contribution in [0.25, 0.3) is 11.1 Å². The molecule has 0 atom stereocenters. The number of amides is 2. The fourth-order valence-corrected chi connectivity index (χ4v) is 2.80. The second kappa shape index (κ2) is 8.04. The van der Waals surface area contributed by atoms with E-state index in [1.165, 1.54) is 11.8 Å². The van der Waals surface area contributed by atoms with Gasteiger partial charge in [0.05, 0.1) is 24.5 Å². The second-order valence-corrected chi connectivity index (χ2v) is 6.44. The van der Waals surface area contributed by atoms with Crippen molar-refractivity contribution < 1.29 is 13.9 Å². The molecule has 25 heavy (non-hydrogen) atoms. The summed E-state index contributed by atoms with van der Waals surface area (Å²) in [4.78, 5) is 16.4. The molecule has 3 N–H and O–H groups in total. The first-order valence-electron chi connectivity index (χ1n) is 7.78. The maximum absolute atomic E-state index is 12.0. The molecule has 0 spiro atoms. The molecular formula is C16H19N5O3S. The zero-order chi connectivity index (χ0) is 17.6. The standard InChI is InChI=1S/C16H19N5O3S/c1-3-25-16-19-13-5-4-10(7-14(13)24-16)18-15(22)17-8-11-6-12(9-23-2)21-20-11/h4-7H,3,8-9H2,1-2H3,(H,20,21)(H2,17,18,22). The van der Waals surface area contributed by atoms with Crippen LogP contribution in [0, 0.1) is 0 Å². The number of hydrogen-bond donors (Lipinski definition) is 3. The predicted octanol–water partition coefficient (Wildman–Crippen LogP) is 3.13. The molecule has 0 radical (unpaired) electrons. The van der Waals surface area contributed by atoms with E-state index in [1.54, 1.807) is 19.2 Å². The van der Waals surface area contributed by atoms with E-state index in [2.05, 4.69) is 25.8 Å². The van der Waals surface area contributed by atoms with E-state index >= 15 is 0 Å². The molecule has 0 fully saturated rings. The summed E-state index contributed by atoms with van der Waals surface area (Å²) in [6.07, 6.45) is 0. The van der Waals surface area contributed by atoms with Crippen LogP contribution in [0.5, 0.6) is 0 Å². The lowest BCUT2D eigenvalue weighted by molar-refractivity contribution is 0.181. The Morgan fingerprint density at radius 1 is 1.40 bits per heavy atom. The maximum Gasteiger partial charge on any atom is 0.319 e. The van der Waals surface area contributed by atoms with Crippen LogP contribution >= 0.6 is 11.8 Å². The van der Waals surface area contributed by atoms with Gasteiger partial charge in [0.15, 0.2) is 5.58 Å². The van der Waals surface area contributed by atoms with Crippen molar-refractivity contribution in [3.8, 4) is 0 Å². The average molecular weight is 361 g/mol. The zero-order valence-corrected chi connectivity index (χ0v) is 14.8. The lowest BCUT2D eigenvalue weighted by Crippen LogP contribution is -2.28. The molecule has 0 unspecified atom stereocenters. The smallest absolute Gasteiger partial charge is 0.319 e. The van der Waals surface area contributed by atoms with Gasteiger partial charge < -0.3 is 19.8 Å². The molecule has 8 nitrogen and oxygen atoms in total. The highest BCUT2D eigenvalue weighted by Gasteiger charge is 2.09. The molecule has 2 amide bonds. The van der Waals surface area contributed by atoms with E-state index in [9.17, 15) is 4.79 Å². The van der Waals surface area contributed by atoms with Gasteiger partial charge in [-0.1, -0.05) is 18.7 Å². The lowest BCUT2D eigenvalue weighted by Gasteiger charge is -2.06. The molecule has 0 saturated carbocycles. The van der Waals surface area contributed by atoms with Crippen molar-refractivity contribution in [2.45, 2.75) is 25.3 Å². The molecule has 9 heteroatoms. The summed E-state index contributed by atoms with van der Waals surface area (Å²) in [5, 5.41) is 13.1. The van der Waals surface area contributed by atoms with E-state index in [1.807, 2.05) is 19.1 Å². The monoisotopic (exact) mass is 361 g/mol. The third kappa shape index (κ3) is 4.52. The molecular weight excluding hydrogens is 342 g/mol. The van der Waals surface area contributed by atoms with Gasteiger partial charge in [0, 0.05) is 18.9 Å². The first-order chi connectivity index (χ1) is 12.2. The quantitative estimate of drug-likeness (QED) is 0.558. The fraction of sp³-hybridized carbons (Fsp3) is 0.312. The van der Waals surface area contributed by atoms with Gasteiger partial charge in [-0.2, -0.15) is 5.10 Å². The van der Waals surface area contributed by atoms with Crippen LogP contribution in [0.2, 0.25) is 0 Å². The van der Waals surface area contributed by atoms with Gasteiger partial charge in [0.1, 0.15) is 5.52 Å². The molecule has 2 heterocycles. The Labute approximate surface area is 148 Å². The Morgan fingerprint density at radius 3 is 3.08 bits per heavy atom. The summed E-state index contributed by atoms with van der Waals surface area (Å²) in [6, 6.07) is 6.90. The van der Waals surface area contributed by atoms with Gasteiger partial charge in [0.25, 0.3) is 5.22 Å². The maximum atomic E-state index is 12.0. The summed E-state index contributed by atoms with van der Waals surface area (Å²) < 4.78 is 10.6. The molecule has 0 aliphatic heterocycles. The highest BCUT2D eigenvalue weighted by atomic mass is 32.2. The van der Waals surface area contributed by atoms with E-state index in [-0.39, 0.29) is 6.03 Å². The highest BCUT2D eigenvalue weighted by Crippen LogP contribution is 2.25. The Morgan fingerprint density at radius 2 is 2.28 bits per heavy atom. The number of urea groups is 1. The number of oxazole rings is 1. The van der Waals surface area contributed by atoms with E-state index in [0.29, 0.717) is 29.6 Å². The van der Waals surface area contributed by atoms with Crippen LogP contribution in [0.3, 0.4) is 0 Å². The topological polar surface area (TPSA) is 105 Å². The van der Waals surface area contributed by atoms with Gasteiger partial charge in [0.2, 0.25) is 0 Å². The molecule has 132 valence electrons. The summed E-state index contributed by atoms with van der Waals surface area (Å²) >= 11 is 1.54. The van der Waals surface area contributed by atoms with Crippen molar-refractivity contribution in [3.63, 3.8) is 0 Å². The Balaban J connectivity index is 1.57. The van der Waals surface area contributed by atoms with Crippen LogP contribution in [0.1, 0.15) is 18.3 Å². The van der Waals surface area contributed by atoms with Crippen molar-refractivity contribution in [1.29, 1.82) is 0 Å². The number of rotatable bonds is 7. The number of nitrogens with zero attached hydrogens (tertiary/aromatic N) is 2. The molecule has 2 aromatic heterocycles. The second-order valence-electron chi connectivity index (χ2n) is 5.22. The molecule has 0 aliphatic rings. The number of benzene rings is 1. The number of aromatic amines is 1. The van der Waals surface area contributed by atoms with Crippen LogP contribution in [0.15, 0.2) is 33.9 Å². The fourth-order valence-electron chi connectivity index (χ4n) is 2.24. The molecule has 0 saturated heterocycles. The van der Waals surface area contributed by atoms with E-state index in [4.69, 9.17) is 9.15 Å². The van der Waals surface area contributed by atoms with Gasteiger partial charge >= 0.3 is 6.03 Å².